The number of carbonyl (C=O) groups is 1. The number of nitrogens with one attached hydrogen (secondary N) is 1. The van der Waals surface area contributed by atoms with E-state index < -0.39 is 16.5 Å². The number of nitro benzene ring substituents is 1. The first-order chi connectivity index (χ1) is 15.0. The number of para-hydroxylation sites is 1. The van der Waals surface area contributed by atoms with Crippen LogP contribution in [-0.4, -0.2) is 32.2 Å². The molecule has 31 heavy (non-hydrogen) atoms. The summed E-state index contributed by atoms with van der Waals surface area (Å²) in [6.45, 7) is 0. The van der Waals surface area contributed by atoms with Crippen molar-refractivity contribution >= 4 is 17.3 Å². The molecule has 3 aromatic carbocycles. The van der Waals surface area contributed by atoms with Crippen molar-refractivity contribution in [2.45, 2.75) is 0 Å². The van der Waals surface area contributed by atoms with Gasteiger partial charge in [-0.25, -0.2) is 0 Å². The fourth-order valence-electron chi connectivity index (χ4n) is 2.96. The molecular formula is C22H20N2O7. The summed E-state index contributed by atoms with van der Waals surface area (Å²) in [6.07, 6.45) is 0. The van der Waals surface area contributed by atoms with Gasteiger partial charge in [0, 0.05) is 17.8 Å². The standard InChI is InChI=1S/C22H20N2O7/c1-28-18-13-17(19(24(26)27)21(30-3)20(18)29-2)22(25)23-14-8-7-11-16(12-14)31-15-9-5-4-6-10-15/h4-13H,1-3H3,(H,23,25). The van der Waals surface area contributed by atoms with Crippen molar-refractivity contribution in [2.75, 3.05) is 26.6 Å². The van der Waals surface area contributed by atoms with Crippen LogP contribution in [0.15, 0.2) is 60.7 Å². The molecule has 0 aliphatic heterocycles. The predicted octanol–water partition coefficient (Wildman–Crippen LogP) is 4.67. The molecule has 0 saturated heterocycles. The Morgan fingerprint density at radius 1 is 0.871 bits per heavy atom. The summed E-state index contributed by atoms with van der Waals surface area (Å²) < 4.78 is 21.3. The highest BCUT2D eigenvalue weighted by atomic mass is 16.6. The van der Waals surface area contributed by atoms with Crippen molar-refractivity contribution in [1.29, 1.82) is 0 Å². The van der Waals surface area contributed by atoms with Crippen LogP contribution < -0.4 is 24.3 Å². The second-order valence-corrected chi connectivity index (χ2v) is 6.20. The second-order valence-electron chi connectivity index (χ2n) is 6.20. The summed E-state index contributed by atoms with van der Waals surface area (Å²) in [5.41, 5.74) is -0.385. The van der Waals surface area contributed by atoms with Gasteiger partial charge in [-0.2, -0.15) is 0 Å². The maximum Gasteiger partial charge on any atom is 0.327 e. The Bertz CT molecular complexity index is 1100. The first-order valence-corrected chi connectivity index (χ1v) is 9.10. The molecule has 1 N–H and O–H groups in total. The Balaban J connectivity index is 1.95. The van der Waals surface area contributed by atoms with Crippen LogP contribution >= 0.6 is 0 Å². The van der Waals surface area contributed by atoms with Gasteiger partial charge in [0.05, 0.1) is 26.3 Å². The lowest BCUT2D eigenvalue weighted by molar-refractivity contribution is -0.386. The maximum absolute atomic E-state index is 12.9. The predicted molar refractivity (Wildman–Crippen MR) is 114 cm³/mol. The molecule has 9 nitrogen and oxygen atoms in total. The summed E-state index contributed by atoms with van der Waals surface area (Å²) in [5, 5.41) is 14.4. The number of anilines is 1. The maximum atomic E-state index is 12.9. The Kier molecular flexibility index (Phi) is 6.56. The number of hydrogen-bond donors (Lipinski definition) is 1. The smallest absolute Gasteiger partial charge is 0.327 e. The molecule has 0 saturated carbocycles. The minimum atomic E-state index is -0.720. The Labute approximate surface area is 178 Å². The molecule has 9 heteroatoms. The zero-order valence-electron chi connectivity index (χ0n) is 17.1. The normalized spacial score (nSPS) is 10.2. The van der Waals surface area contributed by atoms with E-state index in [4.69, 9.17) is 18.9 Å². The Hall–Kier alpha value is -4.27. The van der Waals surface area contributed by atoms with Gasteiger partial charge in [-0.1, -0.05) is 24.3 Å². The molecule has 160 valence electrons. The summed E-state index contributed by atoms with van der Waals surface area (Å²) >= 11 is 0. The summed E-state index contributed by atoms with van der Waals surface area (Å²) in [4.78, 5) is 23.9. The van der Waals surface area contributed by atoms with Gasteiger partial charge in [-0.3, -0.25) is 14.9 Å². The van der Waals surface area contributed by atoms with Crippen LogP contribution in [0.5, 0.6) is 28.7 Å². The molecule has 0 aromatic heterocycles. The van der Waals surface area contributed by atoms with Crippen molar-refractivity contribution in [3.8, 4) is 28.7 Å². The second kappa shape index (κ2) is 9.49. The lowest BCUT2D eigenvalue weighted by Crippen LogP contribution is -2.15. The quantitative estimate of drug-likeness (QED) is 0.413. The molecule has 0 aliphatic carbocycles. The van der Waals surface area contributed by atoms with Crippen LogP contribution in [0.1, 0.15) is 10.4 Å². The number of rotatable bonds is 8. The number of benzene rings is 3. The Morgan fingerprint density at radius 3 is 2.16 bits per heavy atom. The van der Waals surface area contributed by atoms with Crippen LogP contribution in [0.3, 0.4) is 0 Å². The van der Waals surface area contributed by atoms with E-state index >= 15 is 0 Å². The molecule has 0 aliphatic rings. The number of ether oxygens (including phenoxy) is 4. The van der Waals surface area contributed by atoms with E-state index in [0.29, 0.717) is 17.2 Å². The fourth-order valence-corrected chi connectivity index (χ4v) is 2.96. The van der Waals surface area contributed by atoms with E-state index in [1.54, 1.807) is 36.4 Å². The van der Waals surface area contributed by atoms with Crippen molar-refractivity contribution in [3.63, 3.8) is 0 Å². The van der Waals surface area contributed by atoms with Gasteiger partial charge in [-0.15, -0.1) is 0 Å². The number of hydrogen-bond acceptors (Lipinski definition) is 7. The third-order valence-electron chi connectivity index (χ3n) is 4.30. The van der Waals surface area contributed by atoms with E-state index in [0.717, 1.165) is 0 Å². The highest BCUT2D eigenvalue weighted by Crippen LogP contribution is 2.46. The summed E-state index contributed by atoms with van der Waals surface area (Å²) in [7, 11) is 3.92. The van der Waals surface area contributed by atoms with Gasteiger partial charge in [0.1, 0.15) is 17.1 Å². The van der Waals surface area contributed by atoms with Crippen LogP contribution in [0.25, 0.3) is 0 Å². The average molecular weight is 424 g/mol. The van der Waals surface area contributed by atoms with Gasteiger partial charge >= 0.3 is 5.69 Å². The minimum Gasteiger partial charge on any atom is -0.493 e. The molecule has 0 bridgehead atoms. The molecule has 0 heterocycles. The van der Waals surface area contributed by atoms with Crippen LogP contribution in [0.4, 0.5) is 11.4 Å². The van der Waals surface area contributed by atoms with Gasteiger partial charge in [-0.05, 0) is 24.3 Å². The average Bonchev–Trinajstić information content (AvgIpc) is 2.78. The number of amides is 1. The summed E-state index contributed by atoms with van der Waals surface area (Å²) in [5.74, 6) is 0.332. The molecule has 0 spiro atoms. The molecule has 0 atom stereocenters. The SMILES string of the molecule is COc1cc(C(=O)Nc2cccc(Oc3ccccc3)c2)c([N+](=O)[O-])c(OC)c1OC. The molecule has 0 fully saturated rings. The monoisotopic (exact) mass is 424 g/mol. The molecule has 0 radical (unpaired) electrons. The third-order valence-corrected chi connectivity index (χ3v) is 4.30. The minimum absolute atomic E-state index is 0.0199. The van der Waals surface area contributed by atoms with Crippen molar-refractivity contribution in [1.82, 2.24) is 0 Å². The molecule has 3 aromatic rings. The van der Waals surface area contributed by atoms with E-state index in [2.05, 4.69) is 5.32 Å². The molecule has 3 rings (SSSR count). The first kappa shape index (κ1) is 21.4. The van der Waals surface area contributed by atoms with Crippen molar-refractivity contribution in [2.24, 2.45) is 0 Å². The number of carbonyl (C=O) groups excluding carboxylic acids is 1. The highest BCUT2D eigenvalue weighted by Gasteiger charge is 2.32. The number of methoxy groups -OCH3 is 3. The van der Waals surface area contributed by atoms with Crippen molar-refractivity contribution in [3.05, 3.63) is 76.3 Å². The lowest BCUT2D eigenvalue weighted by atomic mass is 10.1. The van der Waals surface area contributed by atoms with Gasteiger partial charge in [0.15, 0.2) is 5.75 Å². The van der Waals surface area contributed by atoms with Gasteiger partial charge < -0.3 is 24.3 Å². The topological polar surface area (TPSA) is 109 Å². The first-order valence-electron chi connectivity index (χ1n) is 9.10. The van der Waals surface area contributed by atoms with Gasteiger partial charge in [0.2, 0.25) is 11.5 Å². The molecular weight excluding hydrogens is 404 g/mol. The van der Waals surface area contributed by atoms with Crippen molar-refractivity contribution < 1.29 is 28.7 Å². The van der Waals surface area contributed by atoms with E-state index in [1.807, 2.05) is 18.2 Å². The largest absolute Gasteiger partial charge is 0.493 e. The third kappa shape index (κ3) is 4.67. The lowest BCUT2D eigenvalue weighted by Gasteiger charge is -2.15. The van der Waals surface area contributed by atoms with E-state index in [9.17, 15) is 14.9 Å². The zero-order valence-corrected chi connectivity index (χ0v) is 17.1. The highest BCUT2D eigenvalue weighted by molar-refractivity contribution is 6.08. The van der Waals surface area contributed by atoms with E-state index in [1.165, 1.54) is 27.4 Å². The zero-order chi connectivity index (χ0) is 22.4. The fraction of sp³-hybridized carbons (Fsp3) is 0.136. The Morgan fingerprint density at radius 2 is 1.55 bits per heavy atom. The summed E-state index contributed by atoms with van der Waals surface area (Å²) in [6, 6.07) is 17.0. The van der Waals surface area contributed by atoms with Crippen LogP contribution in [0.2, 0.25) is 0 Å². The molecule has 0 unspecified atom stereocenters. The number of nitrogens with zero attached hydrogens (tertiary/aromatic N) is 1. The van der Waals surface area contributed by atoms with E-state index in [-0.39, 0.29) is 22.8 Å². The van der Waals surface area contributed by atoms with Gasteiger partial charge in [0.25, 0.3) is 5.91 Å². The van der Waals surface area contributed by atoms with Crippen LogP contribution in [-0.2, 0) is 0 Å². The number of nitro groups is 1. The molecule has 1 amide bonds. The van der Waals surface area contributed by atoms with Crippen LogP contribution in [0, 0.1) is 10.1 Å².